The number of piperazine rings is 1. The summed E-state index contributed by atoms with van der Waals surface area (Å²) in [6, 6.07) is 9.19. The molecule has 2 rings (SSSR count). The lowest BCUT2D eigenvalue weighted by atomic mass is 10.1. The highest BCUT2D eigenvalue weighted by molar-refractivity contribution is 5.94. The van der Waals surface area contributed by atoms with Gasteiger partial charge in [0.1, 0.15) is 0 Å². The number of hydrogen-bond donors (Lipinski definition) is 0. The Hall–Kier alpha value is -1.91. The van der Waals surface area contributed by atoms with Crippen LogP contribution in [0.15, 0.2) is 35.6 Å². The van der Waals surface area contributed by atoms with Gasteiger partial charge < -0.3 is 4.90 Å². The second kappa shape index (κ2) is 5.16. The highest BCUT2D eigenvalue weighted by Crippen LogP contribution is 2.19. The van der Waals surface area contributed by atoms with E-state index in [4.69, 9.17) is 0 Å². The standard InChI is InChI=1S/C13H17N3O2/c1-10-8-15(14-18)9-11(2)16(10)13(17)12-6-4-3-5-7-12/h3-7,10-11H,8-9H2,1-2H3/t10-,11+. The molecular weight excluding hydrogens is 230 g/mol. The lowest BCUT2D eigenvalue weighted by Crippen LogP contribution is -2.57. The van der Waals surface area contributed by atoms with E-state index in [2.05, 4.69) is 5.29 Å². The van der Waals surface area contributed by atoms with Gasteiger partial charge in [0.15, 0.2) is 0 Å². The molecule has 1 heterocycles. The summed E-state index contributed by atoms with van der Waals surface area (Å²) in [7, 11) is 0. The number of hydrogen-bond acceptors (Lipinski definition) is 3. The van der Waals surface area contributed by atoms with Gasteiger partial charge in [-0.15, -0.1) is 4.91 Å². The van der Waals surface area contributed by atoms with Crippen molar-refractivity contribution in [2.24, 2.45) is 5.29 Å². The molecule has 0 aliphatic carbocycles. The van der Waals surface area contributed by atoms with Crippen LogP contribution in [0.2, 0.25) is 0 Å². The average molecular weight is 247 g/mol. The van der Waals surface area contributed by atoms with Gasteiger partial charge in [-0.3, -0.25) is 9.80 Å². The fraction of sp³-hybridized carbons (Fsp3) is 0.462. The Kier molecular flexibility index (Phi) is 3.60. The minimum Gasteiger partial charge on any atom is -0.330 e. The quantitative estimate of drug-likeness (QED) is 0.750. The van der Waals surface area contributed by atoms with E-state index in [1.807, 2.05) is 49.1 Å². The van der Waals surface area contributed by atoms with Crippen molar-refractivity contribution in [2.75, 3.05) is 13.1 Å². The number of carbonyl (C=O) groups is 1. The maximum Gasteiger partial charge on any atom is 0.254 e. The number of carbonyl (C=O) groups excluding carboxylic acids is 1. The van der Waals surface area contributed by atoms with Crippen LogP contribution < -0.4 is 0 Å². The summed E-state index contributed by atoms with van der Waals surface area (Å²) in [6.07, 6.45) is 0. The van der Waals surface area contributed by atoms with Crippen molar-refractivity contribution >= 4 is 5.91 Å². The molecule has 1 aliphatic rings. The van der Waals surface area contributed by atoms with Crippen molar-refractivity contribution in [2.45, 2.75) is 25.9 Å². The van der Waals surface area contributed by atoms with E-state index >= 15 is 0 Å². The third kappa shape index (κ3) is 2.34. The third-order valence-electron chi connectivity index (χ3n) is 3.27. The van der Waals surface area contributed by atoms with Crippen LogP contribution in [0.25, 0.3) is 0 Å². The van der Waals surface area contributed by atoms with Crippen LogP contribution in [0.4, 0.5) is 0 Å². The molecule has 5 heteroatoms. The van der Waals surface area contributed by atoms with E-state index in [1.54, 1.807) is 0 Å². The molecule has 0 bridgehead atoms. The Morgan fingerprint density at radius 2 is 1.72 bits per heavy atom. The molecule has 2 atom stereocenters. The highest BCUT2D eigenvalue weighted by atomic mass is 16.3. The molecule has 5 nitrogen and oxygen atoms in total. The zero-order valence-corrected chi connectivity index (χ0v) is 10.6. The molecule has 1 aliphatic heterocycles. The van der Waals surface area contributed by atoms with Crippen molar-refractivity contribution in [1.82, 2.24) is 9.91 Å². The van der Waals surface area contributed by atoms with E-state index in [-0.39, 0.29) is 18.0 Å². The second-order valence-corrected chi connectivity index (χ2v) is 4.73. The first kappa shape index (κ1) is 12.5. The first-order valence-corrected chi connectivity index (χ1v) is 6.09. The van der Waals surface area contributed by atoms with Gasteiger partial charge in [-0.25, -0.2) is 0 Å². The SMILES string of the molecule is C[C@@H]1CN(N=O)C[C@H](C)N1C(=O)c1ccccc1. The maximum absolute atomic E-state index is 12.4. The zero-order valence-electron chi connectivity index (χ0n) is 10.6. The molecule has 1 saturated heterocycles. The van der Waals surface area contributed by atoms with Crippen LogP contribution >= 0.6 is 0 Å². The minimum atomic E-state index is -0.0147. The number of amides is 1. The molecule has 0 aromatic heterocycles. The van der Waals surface area contributed by atoms with Gasteiger partial charge in [-0.2, -0.15) is 0 Å². The molecule has 96 valence electrons. The summed E-state index contributed by atoms with van der Waals surface area (Å²) in [4.78, 5) is 24.8. The third-order valence-corrected chi connectivity index (χ3v) is 3.27. The van der Waals surface area contributed by atoms with Crippen molar-refractivity contribution in [3.63, 3.8) is 0 Å². The fourth-order valence-electron chi connectivity index (χ4n) is 2.49. The predicted octanol–water partition coefficient (Wildman–Crippen LogP) is 1.90. The van der Waals surface area contributed by atoms with Gasteiger partial charge in [-0.1, -0.05) is 18.2 Å². The zero-order chi connectivity index (χ0) is 13.1. The molecule has 1 fully saturated rings. The predicted molar refractivity (Wildman–Crippen MR) is 68.9 cm³/mol. The molecule has 0 saturated carbocycles. The molecular formula is C13H17N3O2. The Balaban J connectivity index is 2.18. The lowest BCUT2D eigenvalue weighted by molar-refractivity contribution is 0.0291. The fourth-order valence-corrected chi connectivity index (χ4v) is 2.49. The molecule has 0 unspecified atom stereocenters. The molecule has 1 amide bonds. The Morgan fingerprint density at radius 1 is 1.17 bits per heavy atom. The van der Waals surface area contributed by atoms with E-state index in [0.29, 0.717) is 18.7 Å². The van der Waals surface area contributed by atoms with Crippen molar-refractivity contribution in [3.8, 4) is 0 Å². The van der Waals surface area contributed by atoms with Gasteiger partial charge in [0, 0.05) is 17.6 Å². The van der Waals surface area contributed by atoms with Crippen LogP contribution in [0.5, 0.6) is 0 Å². The molecule has 0 radical (unpaired) electrons. The summed E-state index contributed by atoms with van der Waals surface area (Å²) in [6.45, 7) is 4.86. The van der Waals surface area contributed by atoms with Gasteiger partial charge in [0.05, 0.1) is 18.4 Å². The Labute approximate surface area is 106 Å². The van der Waals surface area contributed by atoms with Crippen molar-refractivity contribution < 1.29 is 4.79 Å². The van der Waals surface area contributed by atoms with Crippen molar-refractivity contribution in [1.29, 1.82) is 0 Å². The van der Waals surface area contributed by atoms with Gasteiger partial charge in [0.25, 0.3) is 5.91 Å². The van der Waals surface area contributed by atoms with Crippen LogP contribution in [-0.4, -0.2) is 41.0 Å². The van der Waals surface area contributed by atoms with E-state index in [9.17, 15) is 9.70 Å². The number of rotatable bonds is 2. The van der Waals surface area contributed by atoms with Crippen LogP contribution in [-0.2, 0) is 0 Å². The Morgan fingerprint density at radius 3 is 2.22 bits per heavy atom. The second-order valence-electron chi connectivity index (χ2n) is 4.73. The number of nitroso groups, excluding NO2 is 1. The summed E-state index contributed by atoms with van der Waals surface area (Å²) in [5, 5.41) is 4.44. The average Bonchev–Trinajstić information content (AvgIpc) is 2.38. The first-order valence-electron chi connectivity index (χ1n) is 6.09. The molecule has 1 aromatic rings. The van der Waals surface area contributed by atoms with E-state index in [0.717, 1.165) is 0 Å². The smallest absolute Gasteiger partial charge is 0.254 e. The van der Waals surface area contributed by atoms with Gasteiger partial charge in [-0.05, 0) is 26.0 Å². The largest absolute Gasteiger partial charge is 0.330 e. The van der Waals surface area contributed by atoms with Gasteiger partial charge >= 0.3 is 0 Å². The summed E-state index contributed by atoms with van der Waals surface area (Å²) in [5.74, 6) is 0.0150. The summed E-state index contributed by atoms with van der Waals surface area (Å²) < 4.78 is 0. The number of benzene rings is 1. The van der Waals surface area contributed by atoms with Crippen LogP contribution in [0.3, 0.4) is 0 Å². The molecule has 18 heavy (non-hydrogen) atoms. The monoisotopic (exact) mass is 247 g/mol. The van der Waals surface area contributed by atoms with Crippen molar-refractivity contribution in [3.05, 3.63) is 40.8 Å². The topological polar surface area (TPSA) is 53.0 Å². The normalized spacial score (nSPS) is 23.9. The van der Waals surface area contributed by atoms with E-state index in [1.165, 1.54) is 5.01 Å². The lowest BCUT2D eigenvalue weighted by Gasteiger charge is -2.42. The molecule has 1 aromatic carbocycles. The van der Waals surface area contributed by atoms with Gasteiger partial charge in [0.2, 0.25) is 0 Å². The van der Waals surface area contributed by atoms with Crippen LogP contribution in [0.1, 0.15) is 24.2 Å². The summed E-state index contributed by atoms with van der Waals surface area (Å²) >= 11 is 0. The molecule has 0 spiro atoms. The first-order chi connectivity index (χ1) is 8.63. The molecule has 0 N–H and O–H groups in total. The van der Waals surface area contributed by atoms with E-state index < -0.39 is 0 Å². The van der Waals surface area contributed by atoms with Crippen LogP contribution in [0, 0.1) is 4.91 Å². The Bertz CT molecular complexity index is 423. The number of nitrogens with zero attached hydrogens (tertiary/aromatic N) is 3. The minimum absolute atomic E-state index is 0.0147. The summed E-state index contributed by atoms with van der Waals surface area (Å²) in [5.41, 5.74) is 0.684. The maximum atomic E-state index is 12.4. The highest BCUT2D eigenvalue weighted by Gasteiger charge is 2.33.